The number of carbonyl (C=O) groups is 2. The summed E-state index contributed by atoms with van der Waals surface area (Å²) in [5.74, 6) is 1.71. The first kappa shape index (κ1) is 25.1. The lowest BCUT2D eigenvalue weighted by Gasteiger charge is -2.32. The summed E-state index contributed by atoms with van der Waals surface area (Å²) < 4.78 is 10.6. The van der Waals surface area contributed by atoms with Gasteiger partial charge in [-0.05, 0) is 31.9 Å². The second-order valence-corrected chi connectivity index (χ2v) is 10.1. The highest BCUT2D eigenvalue weighted by molar-refractivity contribution is 7.99. The molecule has 5 nitrogen and oxygen atoms in total. The number of nitrogens with one attached hydrogen (secondary N) is 1. The van der Waals surface area contributed by atoms with Crippen LogP contribution in [0.2, 0.25) is 0 Å². The van der Waals surface area contributed by atoms with Crippen molar-refractivity contribution in [2.75, 3.05) is 18.6 Å². The van der Waals surface area contributed by atoms with Crippen LogP contribution in [-0.2, 0) is 25.8 Å². The Hall–Kier alpha value is -2.12. The fraction of sp³-hybridized carbons (Fsp3) is 0.417. The minimum Gasteiger partial charge on any atom is -0.467 e. The predicted molar refractivity (Wildman–Crippen MR) is 129 cm³/mol. The van der Waals surface area contributed by atoms with Gasteiger partial charge < -0.3 is 14.8 Å². The second kappa shape index (κ2) is 12.1. The molecule has 0 heterocycles. The van der Waals surface area contributed by atoms with Crippen molar-refractivity contribution in [2.24, 2.45) is 0 Å². The van der Waals surface area contributed by atoms with Crippen molar-refractivity contribution in [1.82, 2.24) is 5.32 Å². The van der Waals surface area contributed by atoms with Crippen molar-refractivity contribution >= 4 is 35.6 Å². The molecular weight excluding hydrogens is 430 g/mol. The van der Waals surface area contributed by atoms with Gasteiger partial charge in [-0.1, -0.05) is 60.7 Å². The van der Waals surface area contributed by atoms with Gasteiger partial charge in [-0.25, -0.2) is 9.59 Å². The predicted octanol–water partition coefficient (Wildman–Crippen LogP) is 5.29. The molecule has 0 aromatic heterocycles. The monoisotopic (exact) mass is 461 g/mol. The van der Waals surface area contributed by atoms with Crippen LogP contribution in [0.4, 0.5) is 4.79 Å². The molecule has 7 heteroatoms. The van der Waals surface area contributed by atoms with Gasteiger partial charge in [0.25, 0.3) is 0 Å². The van der Waals surface area contributed by atoms with E-state index in [4.69, 9.17) is 9.47 Å². The molecule has 0 aliphatic heterocycles. The molecule has 0 bridgehead atoms. The normalized spacial score (nSPS) is 11.6. The molecule has 0 fully saturated rings. The Balaban J connectivity index is 2.14. The fourth-order valence-electron chi connectivity index (χ4n) is 2.81. The molecule has 1 N–H and O–H groups in total. The van der Waals surface area contributed by atoms with E-state index in [0.29, 0.717) is 11.5 Å². The fourth-order valence-corrected chi connectivity index (χ4v) is 5.28. The number of alkyl carbamates (subject to hydrolysis) is 1. The van der Waals surface area contributed by atoms with E-state index < -0.39 is 23.2 Å². The summed E-state index contributed by atoms with van der Waals surface area (Å²) >= 11 is 3.16. The third-order valence-corrected chi connectivity index (χ3v) is 6.71. The number of benzene rings is 2. The molecule has 0 spiro atoms. The van der Waals surface area contributed by atoms with Crippen LogP contribution in [0.3, 0.4) is 0 Å². The van der Waals surface area contributed by atoms with Gasteiger partial charge in [-0.2, -0.15) is 23.5 Å². The van der Waals surface area contributed by atoms with Crippen molar-refractivity contribution < 1.29 is 19.1 Å². The Morgan fingerprint density at radius 1 is 0.839 bits per heavy atom. The van der Waals surface area contributed by atoms with Crippen LogP contribution < -0.4 is 5.32 Å². The molecule has 2 aromatic carbocycles. The van der Waals surface area contributed by atoms with Crippen LogP contribution in [0.1, 0.15) is 31.9 Å². The topological polar surface area (TPSA) is 64.6 Å². The Kier molecular flexibility index (Phi) is 9.78. The zero-order valence-corrected chi connectivity index (χ0v) is 20.2. The second-order valence-electron chi connectivity index (χ2n) is 8.16. The van der Waals surface area contributed by atoms with Crippen LogP contribution in [-0.4, -0.2) is 41.8 Å². The van der Waals surface area contributed by atoms with Gasteiger partial charge in [0, 0.05) is 23.0 Å². The average Bonchev–Trinajstić information content (AvgIpc) is 2.73. The third kappa shape index (κ3) is 8.87. The summed E-state index contributed by atoms with van der Waals surface area (Å²) in [6.45, 7) is 5.38. The number of thioether (sulfide) groups is 2. The highest BCUT2D eigenvalue weighted by Crippen LogP contribution is 2.26. The molecule has 0 saturated heterocycles. The zero-order valence-electron chi connectivity index (χ0n) is 18.6. The molecule has 1 amide bonds. The molecule has 31 heavy (non-hydrogen) atoms. The Labute approximate surface area is 193 Å². The van der Waals surface area contributed by atoms with Crippen molar-refractivity contribution in [2.45, 2.75) is 43.4 Å². The first-order chi connectivity index (χ1) is 14.7. The van der Waals surface area contributed by atoms with Crippen LogP contribution in [0, 0.1) is 0 Å². The lowest BCUT2D eigenvalue weighted by molar-refractivity contribution is -0.146. The summed E-state index contributed by atoms with van der Waals surface area (Å²) in [5.41, 5.74) is 0.442. The lowest BCUT2D eigenvalue weighted by Crippen LogP contribution is -2.59. The van der Waals surface area contributed by atoms with Gasteiger partial charge in [0.1, 0.15) is 5.60 Å². The van der Waals surface area contributed by atoms with Crippen molar-refractivity contribution in [3.05, 3.63) is 71.8 Å². The molecule has 168 valence electrons. The molecule has 0 unspecified atom stereocenters. The van der Waals surface area contributed by atoms with Gasteiger partial charge in [-0.3, -0.25) is 0 Å². The largest absolute Gasteiger partial charge is 0.467 e. The molecule has 2 rings (SSSR count). The number of hydrogen-bond donors (Lipinski definition) is 1. The maximum atomic E-state index is 12.9. The van der Waals surface area contributed by atoms with Gasteiger partial charge in [-0.15, -0.1) is 0 Å². The number of esters is 1. The standard InChI is InChI=1S/C24H31NO4S2/c1-23(2,3)29-22(27)25-24(21(26)28-4,17-30-15-19-11-7-5-8-12-19)18-31-16-20-13-9-6-10-14-20/h5-14H,15-18H2,1-4H3,(H,25,27). The highest BCUT2D eigenvalue weighted by Gasteiger charge is 2.42. The van der Waals surface area contributed by atoms with E-state index in [9.17, 15) is 9.59 Å². The molecule has 2 aromatic rings. The van der Waals surface area contributed by atoms with Gasteiger partial charge in [0.05, 0.1) is 7.11 Å². The number of hydrogen-bond acceptors (Lipinski definition) is 6. The first-order valence-corrected chi connectivity index (χ1v) is 12.4. The minimum atomic E-state index is -1.20. The first-order valence-electron chi connectivity index (χ1n) is 10.1. The van der Waals surface area contributed by atoms with Crippen molar-refractivity contribution in [3.63, 3.8) is 0 Å². The van der Waals surface area contributed by atoms with Crippen molar-refractivity contribution in [1.29, 1.82) is 0 Å². The number of amides is 1. The highest BCUT2D eigenvalue weighted by atomic mass is 32.2. The zero-order chi connectivity index (χ0) is 22.7. The van der Waals surface area contributed by atoms with E-state index in [1.807, 2.05) is 60.7 Å². The van der Waals surface area contributed by atoms with Gasteiger partial charge >= 0.3 is 12.1 Å². The summed E-state index contributed by atoms with van der Waals surface area (Å²) in [4.78, 5) is 25.5. The molecule has 0 aliphatic carbocycles. The summed E-state index contributed by atoms with van der Waals surface area (Å²) in [6.07, 6.45) is -0.626. The van der Waals surface area contributed by atoms with E-state index >= 15 is 0 Å². The number of methoxy groups -OCH3 is 1. The summed E-state index contributed by atoms with van der Waals surface area (Å²) in [7, 11) is 1.34. The van der Waals surface area contributed by atoms with Crippen molar-refractivity contribution in [3.8, 4) is 0 Å². The lowest BCUT2D eigenvalue weighted by atomic mass is 10.1. The Morgan fingerprint density at radius 3 is 1.68 bits per heavy atom. The molecular formula is C24H31NO4S2. The van der Waals surface area contributed by atoms with Gasteiger partial charge in [0.15, 0.2) is 5.54 Å². The van der Waals surface area contributed by atoms with E-state index in [0.717, 1.165) is 22.6 Å². The maximum absolute atomic E-state index is 12.9. The molecule has 0 atom stereocenters. The Bertz CT molecular complexity index is 777. The quantitative estimate of drug-likeness (QED) is 0.485. The van der Waals surface area contributed by atoms with E-state index in [1.54, 1.807) is 44.3 Å². The van der Waals surface area contributed by atoms with E-state index in [-0.39, 0.29) is 0 Å². The van der Waals surface area contributed by atoms with Crippen LogP contribution in [0.25, 0.3) is 0 Å². The summed E-state index contributed by atoms with van der Waals surface area (Å²) in [6, 6.07) is 20.0. The molecule has 0 radical (unpaired) electrons. The molecule has 0 aliphatic rings. The number of carbonyl (C=O) groups excluding carboxylic acids is 2. The van der Waals surface area contributed by atoms with E-state index in [1.165, 1.54) is 7.11 Å². The Morgan fingerprint density at radius 2 is 1.29 bits per heavy atom. The maximum Gasteiger partial charge on any atom is 0.408 e. The van der Waals surface area contributed by atoms with Gasteiger partial charge in [0.2, 0.25) is 0 Å². The number of ether oxygens (including phenoxy) is 2. The summed E-state index contributed by atoms with van der Waals surface area (Å²) in [5, 5.41) is 2.83. The SMILES string of the molecule is COC(=O)C(CSCc1ccccc1)(CSCc1ccccc1)NC(=O)OC(C)(C)C. The average molecular weight is 462 g/mol. The third-order valence-electron chi connectivity index (χ3n) is 4.24. The van der Waals surface area contributed by atoms with Crippen LogP contribution in [0.5, 0.6) is 0 Å². The molecule has 0 saturated carbocycles. The van der Waals surface area contributed by atoms with Crippen LogP contribution in [0.15, 0.2) is 60.7 Å². The smallest absolute Gasteiger partial charge is 0.408 e. The van der Waals surface area contributed by atoms with Crippen LogP contribution >= 0.6 is 23.5 Å². The number of rotatable bonds is 10. The van der Waals surface area contributed by atoms with E-state index in [2.05, 4.69) is 5.32 Å². The minimum absolute atomic E-state index is 0.371.